The van der Waals surface area contributed by atoms with Crippen molar-refractivity contribution in [3.63, 3.8) is 0 Å². The number of hydrogen-bond acceptors (Lipinski definition) is 2. The van der Waals surface area contributed by atoms with Gasteiger partial charge >= 0.3 is 5.97 Å². The van der Waals surface area contributed by atoms with Crippen molar-refractivity contribution in [1.82, 2.24) is 5.32 Å². The van der Waals surface area contributed by atoms with Crippen LogP contribution in [0.2, 0.25) is 0 Å². The fourth-order valence-corrected chi connectivity index (χ4v) is 1.61. The molecule has 0 bridgehead atoms. The zero-order valence-corrected chi connectivity index (χ0v) is 11.2. The number of carbonyl (C=O) groups is 1. The van der Waals surface area contributed by atoms with Crippen molar-refractivity contribution in [3.05, 3.63) is 0 Å². The van der Waals surface area contributed by atoms with E-state index in [4.69, 9.17) is 5.11 Å². The van der Waals surface area contributed by atoms with Crippen LogP contribution in [0.1, 0.15) is 53.4 Å². The van der Waals surface area contributed by atoms with Crippen LogP contribution in [0.4, 0.5) is 0 Å². The molecule has 0 aromatic carbocycles. The highest BCUT2D eigenvalue weighted by Crippen LogP contribution is 2.15. The Bertz CT molecular complexity index is 202. The lowest BCUT2D eigenvalue weighted by Crippen LogP contribution is -2.37. The van der Waals surface area contributed by atoms with E-state index in [9.17, 15) is 4.79 Å². The minimum absolute atomic E-state index is 0.547. The molecule has 0 aromatic rings. The first-order valence-electron chi connectivity index (χ1n) is 6.38. The predicted molar refractivity (Wildman–Crippen MR) is 67.6 cm³/mol. The molecule has 1 unspecified atom stereocenters. The summed E-state index contributed by atoms with van der Waals surface area (Å²) >= 11 is 0. The summed E-state index contributed by atoms with van der Waals surface area (Å²) in [6.45, 7) is 9.40. The van der Waals surface area contributed by atoms with Gasteiger partial charge in [0, 0.05) is 6.54 Å². The van der Waals surface area contributed by atoms with Crippen molar-refractivity contribution in [2.24, 2.45) is 11.3 Å². The van der Waals surface area contributed by atoms with Gasteiger partial charge in [-0.15, -0.1) is 0 Å². The molecule has 0 aliphatic carbocycles. The fraction of sp³-hybridized carbons (Fsp3) is 0.923. The second kappa shape index (κ2) is 7.66. The van der Waals surface area contributed by atoms with Crippen LogP contribution < -0.4 is 5.32 Å². The number of carboxylic acids is 1. The van der Waals surface area contributed by atoms with Crippen molar-refractivity contribution >= 4 is 5.97 Å². The van der Waals surface area contributed by atoms with E-state index in [1.165, 1.54) is 25.7 Å². The number of nitrogens with one attached hydrogen (secondary N) is 1. The molecule has 0 aliphatic rings. The number of rotatable bonds is 9. The largest absolute Gasteiger partial charge is 0.481 e. The summed E-state index contributed by atoms with van der Waals surface area (Å²) in [5.41, 5.74) is -0.664. The quantitative estimate of drug-likeness (QED) is 0.639. The summed E-state index contributed by atoms with van der Waals surface area (Å²) in [4.78, 5) is 10.9. The van der Waals surface area contributed by atoms with Crippen LogP contribution in [0.5, 0.6) is 0 Å². The standard InChI is InChI=1S/C13H27NO2/c1-5-7-8-11(6-2)9-14-10-13(3,4)12(15)16/h11,14H,5-10H2,1-4H3,(H,15,16). The van der Waals surface area contributed by atoms with Crippen LogP contribution in [-0.2, 0) is 4.79 Å². The first-order chi connectivity index (χ1) is 7.44. The molecule has 1 atom stereocenters. The summed E-state index contributed by atoms with van der Waals surface area (Å²) < 4.78 is 0. The Morgan fingerprint density at radius 3 is 2.44 bits per heavy atom. The zero-order chi connectivity index (χ0) is 12.6. The summed E-state index contributed by atoms with van der Waals surface area (Å²) in [5.74, 6) is -0.0499. The van der Waals surface area contributed by atoms with E-state index in [0.717, 1.165) is 6.54 Å². The lowest BCUT2D eigenvalue weighted by Gasteiger charge is -2.22. The van der Waals surface area contributed by atoms with Crippen LogP contribution in [0.25, 0.3) is 0 Å². The lowest BCUT2D eigenvalue weighted by molar-refractivity contribution is -0.146. The van der Waals surface area contributed by atoms with Gasteiger partial charge in [-0.05, 0) is 32.7 Å². The topological polar surface area (TPSA) is 49.3 Å². The molecule has 0 spiro atoms. The minimum Gasteiger partial charge on any atom is -0.481 e. The normalized spacial score (nSPS) is 13.8. The van der Waals surface area contributed by atoms with Gasteiger partial charge in [-0.1, -0.05) is 33.1 Å². The first-order valence-corrected chi connectivity index (χ1v) is 6.38. The number of hydrogen-bond donors (Lipinski definition) is 2. The van der Waals surface area contributed by atoms with Crippen LogP contribution in [0.15, 0.2) is 0 Å². The molecule has 0 aliphatic heterocycles. The number of carboxylic acid groups (broad SMARTS) is 1. The molecule has 0 amide bonds. The summed E-state index contributed by atoms with van der Waals surface area (Å²) in [7, 11) is 0. The van der Waals surface area contributed by atoms with Crippen LogP contribution in [0, 0.1) is 11.3 Å². The monoisotopic (exact) mass is 229 g/mol. The summed E-state index contributed by atoms with van der Waals surface area (Å²) in [5, 5.41) is 12.3. The first kappa shape index (κ1) is 15.4. The van der Waals surface area contributed by atoms with Gasteiger partial charge in [0.25, 0.3) is 0 Å². The third-order valence-electron chi connectivity index (χ3n) is 3.12. The van der Waals surface area contributed by atoms with Gasteiger partial charge in [0.05, 0.1) is 5.41 Å². The van der Waals surface area contributed by atoms with E-state index < -0.39 is 11.4 Å². The SMILES string of the molecule is CCCCC(CC)CNCC(C)(C)C(=O)O. The molecular formula is C13H27NO2. The molecule has 96 valence electrons. The van der Waals surface area contributed by atoms with Crippen LogP contribution in [-0.4, -0.2) is 24.2 Å². The Hall–Kier alpha value is -0.570. The minimum atomic E-state index is -0.735. The highest BCUT2D eigenvalue weighted by molar-refractivity contribution is 5.73. The Balaban J connectivity index is 3.81. The summed E-state index contributed by atoms with van der Waals surface area (Å²) in [6.07, 6.45) is 4.91. The number of aliphatic carboxylic acids is 1. The van der Waals surface area contributed by atoms with E-state index in [0.29, 0.717) is 12.5 Å². The molecule has 0 fully saturated rings. The Kier molecular flexibility index (Phi) is 7.39. The molecular weight excluding hydrogens is 202 g/mol. The second-order valence-electron chi connectivity index (χ2n) is 5.24. The van der Waals surface area contributed by atoms with E-state index >= 15 is 0 Å². The smallest absolute Gasteiger partial charge is 0.310 e. The van der Waals surface area contributed by atoms with Gasteiger partial charge in [-0.25, -0.2) is 0 Å². The van der Waals surface area contributed by atoms with E-state index in [-0.39, 0.29) is 0 Å². The van der Waals surface area contributed by atoms with Crippen molar-refractivity contribution in [1.29, 1.82) is 0 Å². The van der Waals surface area contributed by atoms with Crippen molar-refractivity contribution in [2.75, 3.05) is 13.1 Å². The van der Waals surface area contributed by atoms with E-state index in [2.05, 4.69) is 19.2 Å². The molecule has 3 heteroatoms. The maximum atomic E-state index is 10.9. The zero-order valence-electron chi connectivity index (χ0n) is 11.2. The molecule has 0 saturated carbocycles. The van der Waals surface area contributed by atoms with Gasteiger partial charge in [0.1, 0.15) is 0 Å². The highest BCUT2D eigenvalue weighted by Gasteiger charge is 2.26. The molecule has 0 saturated heterocycles. The molecule has 0 radical (unpaired) electrons. The van der Waals surface area contributed by atoms with Gasteiger partial charge in [-0.2, -0.15) is 0 Å². The molecule has 16 heavy (non-hydrogen) atoms. The van der Waals surface area contributed by atoms with Crippen LogP contribution >= 0.6 is 0 Å². The maximum absolute atomic E-state index is 10.9. The molecule has 2 N–H and O–H groups in total. The highest BCUT2D eigenvalue weighted by atomic mass is 16.4. The number of unbranched alkanes of at least 4 members (excludes halogenated alkanes) is 1. The average molecular weight is 229 g/mol. The second-order valence-corrected chi connectivity index (χ2v) is 5.24. The van der Waals surface area contributed by atoms with Gasteiger partial charge < -0.3 is 10.4 Å². The Morgan fingerprint density at radius 1 is 1.38 bits per heavy atom. The fourth-order valence-electron chi connectivity index (χ4n) is 1.61. The van der Waals surface area contributed by atoms with E-state index in [1.54, 1.807) is 13.8 Å². The molecule has 3 nitrogen and oxygen atoms in total. The average Bonchev–Trinajstić information content (AvgIpc) is 2.22. The van der Waals surface area contributed by atoms with Crippen molar-refractivity contribution in [2.45, 2.75) is 53.4 Å². The Morgan fingerprint density at radius 2 is 2.00 bits per heavy atom. The summed E-state index contributed by atoms with van der Waals surface area (Å²) in [6, 6.07) is 0. The third-order valence-corrected chi connectivity index (χ3v) is 3.12. The van der Waals surface area contributed by atoms with Crippen molar-refractivity contribution in [3.8, 4) is 0 Å². The molecule has 0 heterocycles. The predicted octanol–water partition coefficient (Wildman–Crippen LogP) is 2.90. The third kappa shape index (κ3) is 6.11. The van der Waals surface area contributed by atoms with Crippen LogP contribution in [0.3, 0.4) is 0 Å². The van der Waals surface area contributed by atoms with Crippen molar-refractivity contribution < 1.29 is 9.90 Å². The molecule has 0 rings (SSSR count). The van der Waals surface area contributed by atoms with E-state index in [1.807, 2.05) is 0 Å². The van der Waals surface area contributed by atoms with Gasteiger partial charge in [0.15, 0.2) is 0 Å². The van der Waals surface area contributed by atoms with Gasteiger partial charge in [-0.3, -0.25) is 4.79 Å². The molecule has 0 aromatic heterocycles. The maximum Gasteiger partial charge on any atom is 0.310 e. The Labute approximate surface area is 99.6 Å². The lowest BCUT2D eigenvalue weighted by atomic mass is 9.93. The van der Waals surface area contributed by atoms with Gasteiger partial charge in [0.2, 0.25) is 0 Å².